The van der Waals surface area contributed by atoms with Gasteiger partial charge < -0.3 is 14.8 Å². The molecule has 0 saturated carbocycles. The smallest absolute Gasteiger partial charge is 0.251 e. The van der Waals surface area contributed by atoms with Gasteiger partial charge in [-0.2, -0.15) is 0 Å². The van der Waals surface area contributed by atoms with E-state index in [0.29, 0.717) is 28.6 Å². The van der Waals surface area contributed by atoms with Crippen LogP contribution >= 0.6 is 11.6 Å². The van der Waals surface area contributed by atoms with Crippen LogP contribution < -0.4 is 14.8 Å². The molecule has 19 heavy (non-hydrogen) atoms. The van der Waals surface area contributed by atoms with Gasteiger partial charge in [0.2, 0.25) is 6.79 Å². The number of nitrogens with one attached hydrogen (secondary N) is 1. The lowest BCUT2D eigenvalue weighted by molar-refractivity contribution is 0.0952. The summed E-state index contributed by atoms with van der Waals surface area (Å²) >= 11 is 6.04. The third kappa shape index (κ3) is 3.53. The number of amides is 1. The van der Waals surface area contributed by atoms with Gasteiger partial charge in [-0.15, -0.1) is 0 Å². The van der Waals surface area contributed by atoms with Crippen molar-refractivity contribution in [3.63, 3.8) is 0 Å². The summed E-state index contributed by atoms with van der Waals surface area (Å²) in [6.07, 6.45) is 4.52. The zero-order valence-electron chi connectivity index (χ0n) is 11.0. The van der Waals surface area contributed by atoms with Crippen molar-refractivity contribution in [1.29, 1.82) is 0 Å². The molecule has 1 heterocycles. The second-order valence-corrected chi connectivity index (χ2v) is 4.92. The zero-order chi connectivity index (χ0) is 13.7. The molecule has 0 fully saturated rings. The van der Waals surface area contributed by atoms with Gasteiger partial charge in [-0.1, -0.05) is 37.8 Å². The SMILES string of the molecule is CCCCCCNC(=O)c1cc(Cl)c2c(c1)OCO2. The van der Waals surface area contributed by atoms with E-state index in [9.17, 15) is 4.79 Å². The molecule has 1 aliphatic heterocycles. The second-order valence-electron chi connectivity index (χ2n) is 4.51. The summed E-state index contributed by atoms with van der Waals surface area (Å²) in [4.78, 5) is 12.0. The summed E-state index contributed by atoms with van der Waals surface area (Å²) in [6, 6.07) is 3.27. The van der Waals surface area contributed by atoms with Gasteiger partial charge in [0.15, 0.2) is 11.5 Å². The Kier molecular flexibility index (Phi) is 4.91. The average molecular weight is 284 g/mol. The normalized spacial score (nSPS) is 12.5. The molecule has 1 aromatic carbocycles. The molecule has 1 aromatic rings. The predicted octanol–water partition coefficient (Wildman–Crippen LogP) is 3.38. The lowest BCUT2D eigenvalue weighted by Gasteiger charge is -2.07. The lowest BCUT2D eigenvalue weighted by Crippen LogP contribution is -2.24. The molecule has 0 saturated heterocycles. The Morgan fingerprint density at radius 2 is 2.16 bits per heavy atom. The first-order valence-electron chi connectivity index (χ1n) is 6.59. The molecule has 0 spiro atoms. The van der Waals surface area contributed by atoms with E-state index in [0.717, 1.165) is 12.8 Å². The Hall–Kier alpha value is -1.42. The van der Waals surface area contributed by atoms with E-state index in [1.54, 1.807) is 12.1 Å². The third-order valence-corrected chi connectivity index (χ3v) is 3.29. The lowest BCUT2D eigenvalue weighted by atomic mass is 10.1. The van der Waals surface area contributed by atoms with Crippen LogP contribution in [0, 0.1) is 0 Å². The number of ether oxygens (including phenoxy) is 2. The quantitative estimate of drug-likeness (QED) is 0.814. The van der Waals surface area contributed by atoms with Gasteiger partial charge in [0.05, 0.1) is 5.02 Å². The van der Waals surface area contributed by atoms with Crippen LogP contribution in [0.15, 0.2) is 12.1 Å². The number of rotatable bonds is 6. The fraction of sp³-hybridized carbons (Fsp3) is 0.500. The molecule has 5 heteroatoms. The fourth-order valence-electron chi connectivity index (χ4n) is 1.95. The molecule has 4 nitrogen and oxygen atoms in total. The van der Waals surface area contributed by atoms with Crippen molar-refractivity contribution >= 4 is 17.5 Å². The number of carbonyl (C=O) groups excluding carboxylic acids is 1. The second kappa shape index (κ2) is 6.66. The summed E-state index contributed by atoms with van der Waals surface area (Å²) in [7, 11) is 0. The first-order valence-corrected chi connectivity index (χ1v) is 6.97. The van der Waals surface area contributed by atoms with Crippen molar-refractivity contribution in [3.05, 3.63) is 22.7 Å². The molecule has 0 aromatic heterocycles. The molecular formula is C14H18ClNO3. The third-order valence-electron chi connectivity index (χ3n) is 3.01. The molecule has 0 aliphatic carbocycles. The molecule has 1 N–H and O–H groups in total. The molecule has 0 bridgehead atoms. The minimum absolute atomic E-state index is 0.128. The number of hydrogen-bond donors (Lipinski definition) is 1. The maximum absolute atomic E-state index is 12.0. The van der Waals surface area contributed by atoms with Crippen molar-refractivity contribution in [2.75, 3.05) is 13.3 Å². The van der Waals surface area contributed by atoms with Crippen LogP contribution in [0.5, 0.6) is 11.5 Å². The molecule has 104 valence electrons. The van der Waals surface area contributed by atoms with Crippen LogP contribution in [0.3, 0.4) is 0 Å². The predicted molar refractivity (Wildman–Crippen MR) is 74.1 cm³/mol. The Balaban J connectivity index is 1.91. The van der Waals surface area contributed by atoms with Gasteiger partial charge in [0, 0.05) is 12.1 Å². The standard InChI is InChI=1S/C14H18ClNO3/c1-2-3-4-5-6-16-14(17)10-7-11(15)13-12(8-10)18-9-19-13/h7-8H,2-6,9H2,1H3,(H,16,17). The number of halogens is 1. The van der Waals surface area contributed by atoms with Crippen molar-refractivity contribution < 1.29 is 14.3 Å². The summed E-state index contributed by atoms with van der Waals surface area (Å²) < 4.78 is 10.4. The van der Waals surface area contributed by atoms with Crippen LogP contribution in [0.2, 0.25) is 5.02 Å². The monoisotopic (exact) mass is 283 g/mol. The highest BCUT2D eigenvalue weighted by molar-refractivity contribution is 6.32. The van der Waals surface area contributed by atoms with E-state index in [1.165, 1.54) is 12.8 Å². The summed E-state index contributed by atoms with van der Waals surface area (Å²) in [5.41, 5.74) is 0.504. The van der Waals surface area contributed by atoms with Crippen molar-refractivity contribution in [2.45, 2.75) is 32.6 Å². The molecule has 1 amide bonds. The maximum Gasteiger partial charge on any atom is 0.251 e. The molecule has 0 atom stereocenters. The van der Waals surface area contributed by atoms with Gasteiger partial charge in [0.25, 0.3) is 5.91 Å². The first kappa shape index (κ1) is 14.0. The maximum atomic E-state index is 12.0. The highest BCUT2D eigenvalue weighted by Gasteiger charge is 2.20. The van der Waals surface area contributed by atoms with Crippen molar-refractivity contribution in [2.24, 2.45) is 0 Å². The zero-order valence-corrected chi connectivity index (χ0v) is 11.8. The molecule has 2 rings (SSSR count). The summed E-state index contributed by atoms with van der Waals surface area (Å²) in [6.45, 7) is 3.00. The molecular weight excluding hydrogens is 266 g/mol. The topological polar surface area (TPSA) is 47.6 Å². The fourth-order valence-corrected chi connectivity index (χ4v) is 2.22. The van der Waals surface area contributed by atoms with Crippen LogP contribution in [-0.2, 0) is 0 Å². The van der Waals surface area contributed by atoms with Crippen molar-refractivity contribution in [1.82, 2.24) is 5.32 Å². The van der Waals surface area contributed by atoms with E-state index in [2.05, 4.69) is 12.2 Å². The number of fused-ring (bicyclic) bond motifs is 1. The average Bonchev–Trinajstić information content (AvgIpc) is 2.87. The first-order chi connectivity index (χ1) is 9.22. The van der Waals surface area contributed by atoms with Gasteiger partial charge in [-0.25, -0.2) is 0 Å². The number of benzene rings is 1. The number of unbranched alkanes of at least 4 members (excludes halogenated alkanes) is 3. The van der Waals surface area contributed by atoms with E-state index in [-0.39, 0.29) is 12.7 Å². The number of hydrogen-bond acceptors (Lipinski definition) is 3. The molecule has 1 aliphatic rings. The Labute approximate surface area is 118 Å². The van der Waals surface area contributed by atoms with Crippen LogP contribution in [0.25, 0.3) is 0 Å². The van der Waals surface area contributed by atoms with Gasteiger partial charge in [0.1, 0.15) is 0 Å². The summed E-state index contributed by atoms with van der Waals surface area (Å²) in [5.74, 6) is 0.918. The highest BCUT2D eigenvalue weighted by atomic mass is 35.5. The Bertz CT molecular complexity index is 462. The van der Waals surface area contributed by atoms with Gasteiger partial charge in [-0.3, -0.25) is 4.79 Å². The van der Waals surface area contributed by atoms with Crippen LogP contribution in [0.1, 0.15) is 43.0 Å². The van der Waals surface area contributed by atoms with Gasteiger partial charge >= 0.3 is 0 Å². The summed E-state index contributed by atoms with van der Waals surface area (Å²) in [5, 5.41) is 3.29. The number of carbonyl (C=O) groups is 1. The van der Waals surface area contributed by atoms with Crippen LogP contribution in [0.4, 0.5) is 0 Å². The van der Waals surface area contributed by atoms with Gasteiger partial charge in [-0.05, 0) is 18.6 Å². The van der Waals surface area contributed by atoms with Crippen molar-refractivity contribution in [3.8, 4) is 11.5 Å². The van der Waals surface area contributed by atoms with E-state index in [1.807, 2.05) is 0 Å². The largest absolute Gasteiger partial charge is 0.454 e. The molecule has 0 unspecified atom stereocenters. The Morgan fingerprint density at radius 1 is 1.32 bits per heavy atom. The minimum Gasteiger partial charge on any atom is -0.454 e. The van der Waals surface area contributed by atoms with Crippen LogP contribution in [-0.4, -0.2) is 19.2 Å². The molecule has 0 radical (unpaired) electrons. The highest BCUT2D eigenvalue weighted by Crippen LogP contribution is 2.39. The van der Waals surface area contributed by atoms with E-state index < -0.39 is 0 Å². The minimum atomic E-state index is -0.128. The van der Waals surface area contributed by atoms with E-state index in [4.69, 9.17) is 21.1 Å². The Morgan fingerprint density at radius 3 is 2.95 bits per heavy atom. The van der Waals surface area contributed by atoms with E-state index >= 15 is 0 Å².